The number of rotatable bonds is 8. The lowest BCUT2D eigenvalue weighted by atomic mass is 10.1. The van der Waals surface area contributed by atoms with Crippen LogP contribution in [-0.2, 0) is 0 Å². The number of benzene rings is 3. The van der Waals surface area contributed by atoms with Crippen molar-refractivity contribution in [3.05, 3.63) is 89.5 Å². The van der Waals surface area contributed by atoms with E-state index in [2.05, 4.69) is 24.5 Å². The average molecular weight is 417 g/mol. The molecule has 0 aliphatic carbocycles. The molecular weight excluding hydrogens is 388 g/mol. The molecule has 0 heterocycles. The molecule has 3 aromatic rings. The number of amides is 2. The zero-order valence-electron chi connectivity index (χ0n) is 18.1. The van der Waals surface area contributed by atoms with Gasteiger partial charge in [0.2, 0.25) is 0 Å². The minimum atomic E-state index is -0.245. The Bertz CT molecular complexity index is 1040. The van der Waals surface area contributed by atoms with Gasteiger partial charge in [0.15, 0.2) is 0 Å². The molecule has 0 saturated carbocycles. The Morgan fingerprint density at radius 1 is 0.806 bits per heavy atom. The smallest absolute Gasteiger partial charge is 0.255 e. The van der Waals surface area contributed by atoms with E-state index in [9.17, 15) is 9.59 Å². The molecule has 5 heteroatoms. The highest BCUT2D eigenvalue weighted by atomic mass is 16.5. The van der Waals surface area contributed by atoms with Crippen LogP contribution in [0.5, 0.6) is 5.75 Å². The molecule has 5 nitrogen and oxygen atoms in total. The lowest BCUT2D eigenvalue weighted by Crippen LogP contribution is -2.14. The van der Waals surface area contributed by atoms with Crippen LogP contribution in [0.3, 0.4) is 0 Å². The number of nitrogens with one attached hydrogen (secondary N) is 2. The third-order valence-corrected chi connectivity index (χ3v) is 4.74. The highest BCUT2D eigenvalue weighted by Crippen LogP contribution is 2.17. The summed E-state index contributed by atoms with van der Waals surface area (Å²) < 4.78 is 5.69. The molecule has 3 rings (SSSR count). The molecule has 31 heavy (non-hydrogen) atoms. The van der Waals surface area contributed by atoms with Gasteiger partial charge in [-0.3, -0.25) is 9.59 Å². The SMILES string of the molecule is Cc1cccc(NC(=O)c2cccc(NC(=O)c3ccc(OCCC(C)C)cc3)c2)c1. The van der Waals surface area contributed by atoms with E-state index < -0.39 is 0 Å². The van der Waals surface area contributed by atoms with Crippen LogP contribution >= 0.6 is 0 Å². The molecule has 0 bridgehead atoms. The predicted molar refractivity (Wildman–Crippen MR) is 125 cm³/mol. The largest absolute Gasteiger partial charge is 0.494 e. The van der Waals surface area contributed by atoms with Crippen molar-refractivity contribution in [3.8, 4) is 5.75 Å². The second-order valence-corrected chi connectivity index (χ2v) is 7.91. The summed E-state index contributed by atoms with van der Waals surface area (Å²) in [6.45, 7) is 6.92. The fourth-order valence-electron chi connectivity index (χ4n) is 2.98. The van der Waals surface area contributed by atoms with Gasteiger partial charge in [0.1, 0.15) is 5.75 Å². The van der Waals surface area contributed by atoms with E-state index in [0.717, 1.165) is 23.4 Å². The van der Waals surface area contributed by atoms with Crippen molar-refractivity contribution in [1.82, 2.24) is 0 Å². The summed E-state index contributed by atoms with van der Waals surface area (Å²) in [6.07, 6.45) is 0.982. The molecule has 0 spiro atoms. The molecule has 2 amide bonds. The highest BCUT2D eigenvalue weighted by Gasteiger charge is 2.10. The first-order valence-corrected chi connectivity index (χ1v) is 10.4. The van der Waals surface area contributed by atoms with Crippen molar-refractivity contribution in [2.24, 2.45) is 5.92 Å². The summed E-state index contributed by atoms with van der Waals surface area (Å²) in [5.41, 5.74) is 3.34. The maximum atomic E-state index is 12.6. The lowest BCUT2D eigenvalue weighted by Gasteiger charge is -2.10. The third-order valence-electron chi connectivity index (χ3n) is 4.74. The van der Waals surface area contributed by atoms with Gasteiger partial charge in [-0.1, -0.05) is 32.0 Å². The number of hydrogen-bond acceptors (Lipinski definition) is 3. The fraction of sp³-hybridized carbons (Fsp3) is 0.231. The fourth-order valence-corrected chi connectivity index (χ4v) is 2.98. The molecule has 0 atom stereocenters. The first kappa shape index (κ1) is 22.1. The van der Waals surface area contributed by atoms with Gasteiger partial charge in [0.25, 0.3) is 11.8 Å². The Balaban J connectivity index is 1.61. The second-order valence-electron chi connectivity index (χ2n) is 7.91. The highest BCUT2D eigenvalue weighted by molar-refractivity contribution is 6.07. The van der Waals surface area contributed by atoms with Crippen LogP contribution < -0.4 is 15.4 Å². The van der Waals surface area contributed by atoms with Crippen LogP contribution in [0.1, 0.15) is 46.5 Å². The van der Waals surface area contributed by atoms with Gasteiger partial charge >= 0.3 is 0 Å². The van der Waals surface area contributed by atoms with Crippen LogP contribution in [-0.4, -0.2) is 18.4 Å². The Kier molecular flexibility index (Phi) is 7.44. The number of hydrogen-bond donors (Lipinski definition) is 2. The summed E-state index contributed by atoms with van der Waals surface area (Å²) in [6, 6.07) is 21.5. The number of anilines is 2. The molecule has 0 aliphatic heterocycles. The van der Waals surface area contributed by atoms with Crippen LogP contribution in [0.25, 0.3) is 0 Å². The molecule has 0 saturated heterocycles. The third kappa shape index (κ3) is 6.71. The summed E-state index contributed by atoms with van der Waals surface area (Å²) in [5.74, 6) is 0.848. The zero-order valence-corrected chi connectivity index (χ0v) is 18.1. The van der Waals surface area contributed by atoms with Gasteiger partial charge in [-0.25, -0.2) is 0 Å². The first-order chi connectivity index (χ1) is 14.9. The van der Waals surface area contributed by atoms with Crippen LogP contribution in [0.15, 0.2) is 72.8 Å². The van der Waals surface area contributed by atoms with Crippen LogP contribution in [0.4, 0.5) is 11.4 Å². The van der Waals surface area contributed by atoms with E-state index in [0.29, 0.717) is 29.3 Å². The maximum absolute atomic E-state index is 12.6. The zero-order chi connectivity index (χ0) is 22.2. The van der Waals surface area contributed by atoms with Crippen molar-refractivity contribution >= 4 is 23.2 Å². The van der Waals surface area contributed by atoms with E-state index in [1.54, 1.807) is 48.5 Å². The summed E-state index contributed by atoms with van der Waals surface area (Å²) in [7, 11) is 0. The molecule has 0 aliphatic rings. The molecule has 0 unspecified atom stereocenters. The van der Waals surface area contributed by atoms with E-state index in [-0.39, 0.29) is 11.8 Å². The molecule has 0 aromatic heterocycles. The van der Waals surface area contributed by atoms with Gasteiger partial charge in [-0.15, -0.1) is 0 Å². The average Bonchev–Trinajstić information content (AvgIpc) is 2.74. The monoisotopic (exact) mass is 416 g/mol. The van der Waals surface area contributed by atoms with Gasteiger partial charge in [0.05, 0.1) is 6.61 Å². The molecule has 160 valence electrons. The summed E-state index contributed by atoms with van der Waals surface area (Å²) >= 11 is 0. The molecule has 0 fully saturated rings. The number of ether oxygens (including phenoxy) is 1. The molecular formula is C26H28N2O3. The Hall–Kier alpha value is -3.60. The predicted octanol–water partition coefficient (Wildman–Crippen LogP) is 5.92. The van der Waals surface area contributed by atoms with Gasteiger partial charge in [-0.05, 0) is 79.4 Å². The van der Waals surface area contributed by atoms with Gasteiger partial charge in [0, 0.05) is 22.5 Å². The van der Waals surface area contributed by atoms with E-state index >= 15 is 0 Å². The number of aryl methyl sites for hydroxylation is 1. The van der Waals surface area contributed by atoms with E-state index in [1.165, 1.54) is 0 Å². The Morgan fingerprint density at radius 2 is 1.42 bits per heavy atom. The van der Waals surface area contributed by atoms with E-state index in [4.69, 9.17) is 4.74 Å². The Morgan fingerprint density at radius 3 is 2.06 bits per heavy atom. The second kappa shape index (κ2) is 10.4. The topological polar surface area (TPSA) is 67.4 Å². The normalized spacial score (nSPS) is 10.6. The molecule has 3 aromatic carbocycles. The minimum absolute atomic E-state index is 0.232. The standard InChI is InChI=1S/C26H28N2O3/c1-18(2)14-15-31-24-12-10-20(11-13-24)25(29)28-23-9-5-7-21(17-23)26(30)27-22-8-4-6-19(3)16-22/h4-13,16-18H,14-15H2,1-3H3,(H,27,30)(H,28,29). The lowest BCUT2D eigenvalue weighted by molar-refractivity contribution is 0.101. The van der Waals surface area contributed by atoms with Crippen molar-refractivity contribution in [2.75, 3.05) is 17.2 Å². The maximum Gasteiger partial charge on any atom is 0.255 e. The first-order valence-electron chi connectivity index (χ1n) is 10.4. The quantitative estimate of drug-likeness (QED) is 0.479. The number of carbonyl (C=O) groups is 2. The molecule has 2 N–H and O–H groups in total. The number of carbonyl (C=O) groups excluding carboxylic acids is 2. The summed E-state index contributed by atoms with van der Waals surface area (Å²) in [5, 5.41) is 5.72. The summed E-state index contributed by atoms with van der Waals surface area (Å²) in [4.78, 5) is 25.1. The van der Waals surface area contributed by atoms with Crippen molar-refractivity contribution in [1.29, 1.82) is 0 Å². The Labute approximate surface area is 183 Å². The minimum Gasteiger partial charge on any atom is -0.494 e. The van der Waals surface area contributed by atoms with E-state index in [1.807, 2.05) is 31.2 Å². The van der Waals surface area contributed by atoms with Crippen LogP contribution in [0.2, 0.25) is 0 Å². The van der Waals surface area contributed by atoms with Crippen molar-refractivity contribution < 1.29 is 14.3 Å². The van der Waals surface area contributed by atoms with Crippen molar-refractivity contribution in [2.45, 2.75) is 27.2 Å². The van der Waals surface area contributed by atoms with Crippen LogP contribution in [0, 0.1) is 12.8 Å². The van der Waals surface area contributed by atoms with Gasteiger partial charge in [-0.2, -0.15) is 0 Å². The van der Waals surface area contributed by atoms with Gasteiger partial charge < -0.3 is 15.4 Å². The van der Waals surface area contributed by atoms with Crippen molar-refractivity contribution in [3.63, 3.8) is 0 Å². The molecule has 0 radical (unpaired) electrons.